The summed E-state index contributed by atoms with van der Waals surface area (Å²) in [5.41, 5.74) is -1.34. The fraction of sp³-hybridized carbons (Fsp3) is 0.381. The van der Waals surface area contributed by atoms with Crippen molar-refractivity contribution in [2.45, 2.75) is 44.8 Å². The van der Waals surface area contributed by atoms with Crippen molar-refractivity contribution in [3.05, 3.63) is 58.5 Å². The summed E-state index contributed by atoms with van der Waals surface area (Å²) < 4.78 is 54.1. The summed E-state index contributed by atoms with van der Waals surface area (Å²) in [6.45, 7) is 0.576. The first-order chi connectivity index (χ1) is 13.8. The van der Waals surface area contributed by atoms with Gasteiger partial charge in [0.15, 0.2) is 5.82 Å². The number of halogens is 4. The molecule has 29 heavy (non-hydrogen) atoms. The zero-order valence-electron chi connectivity index (χ0n) is 15.5. The van der Waals surface area contributed by atoms with Gasteiger partial charge in [0.05, 0.1) is 16.5 Å². The number of rotatable bonds is 6. The minimum atomic E-state index is -4.57. The Morgan fingerprint density at radius 2 is 1.83 bits per heavy atom. The molecule has 1 aliphatic rings. The van der Waals surface area contributed by atoms with Crippen LogP contribution in [-0.4, -0.2) is 14.5 Å². The van der Waals surface area contributed by atoms with Gasteiger partial charge in [0, 0.05) is 25.1 Å². The quantitative estimate of drug-likeness (QED) is 0.419. The second-order valence-corrected chi connectivity index (χ2v) is 7.47. The summed E-state index contributed by atoms with van der Waals surface area (Å²) in [5, 5.41) is 0.715. The highest BCUT2D eigenvalue weighted by atomic mass is 19.4. The Morgan fingerprint density at radius 1 is 1.10 bits per heavy atom. The number of fused-ring (bicyclic) bond motifs is 1. The van der Waals surface area contributed by atoms with E-state index in [9.17, 15) is 22.4 Å². The molecule has 0 radical (unpaired) electrons. The molecule has 0 spiro atoms. The summed E-state index contributed by atoms with van der Waals surface area (Å²) in [6.07, 6.45) is 4.09. The average molecular weight is 405 g/mol. The number of pyridine rings is 1. The van der Waals surface area contributed by atoms with Gasteiger partial charge >= 0.3 is 6.18 Å². The van der Waals surface area contributed by atoms with E-state index in [2.05, 4.69) is 9.97 Å². The van der Waals surface area contributed by atoms with E-state index in [1.807, 2.05) is 0 Å². The SMILES string of the molecule is O=c1c2cc(F)c(-c3ncc(C(F)(F)F)cn3)cc2ccn1CCCCC1CC1. The van der Waals surface area contributed by atoms with Gasteiger partial charge < -0.3 is 4.57 Å². The van der Waals surface area contributed by atoms with Crippen LogP contribution in [-0.2, 0) is 12.7 Å². The van der Waals surface area contributed by atoms with Gasteiger partial charge in [-0.05, 0) is 35.9 Å². The molecular formula is C21H19F4N3O. The molecule has 1 saturated carbocycles. The van der Waals surface area contributed by atoms with Gasteiger partial charge in [0.25, 0.3) is 5.56 Å². The van der Waals surface area contributed by atoms with E-state index in [0.29, 0.717) is 24.3 Å². The monoisotopic (exact) mass is 405 g/mol. The van der Waals surface area contributed by atoms with E-state index < -0.39 is 17.6 Å². The Morgan fingerprint density at radius 3 is 2.48 bits per heavy atom. The molecule has 4 nitrogen and oxygen atoms in total. The van der Waals surface area contributed by atoms with Gasteiger partial charge in [-0.2, -0.15) is 13.2 Å². The van der Waals surface area contributed by atoms with Crippen molar-refractivity contribution in [2.75, 3.05) is 0 Å². The van der Waals surface area contributed by atoms with Crippen LogP contribution >= 0.6 is 0 Å². The van der Waals surface area contributed by atoms with Crippen LogP contribution in [0.25, 0.3) is 22.2 Å². The fourth-order valence-corrected chi connectivity index (χ4v) is 3.39. The van der Waals surface area contributed by atoms with Gasteiger partial charge in [0.1, 0.15) is 5.82 Å². The third-order valence-corrected chi connectivity index (χ3v) is 5.24. The Bertz CT molecular complexity index is 1090. The van der Waals surface area contributed by atoms with Crippen LogP contribution in [0.4, 0.5) is 17.6 Å². The maximum atomic E-state index is 14.6. The number of hydrogen-bond donors (Lipinski definition) is 0. The van der Waals surface area contributed by atoms with Crippen molar-refractivity contribution in [3.63, 3.8) is 0 Å². The number of benzene rings is 1. The first-order valence-corrected chi connectivity index (χ1v) is 9.55. The molecule has 1 aromatic carbocycles. The summed E-state index contributed by atoms with van der Waals surface area (Å²) in [7, 11) is 0. The molecule has 3 aromatic rings. The molecule has 0 saturated heterocycles. The van der Waals surface area contributed by atoms with Gasteiger partial charge in [-0.3, -0.25) is 4.79 Å². The van der Waals surface area contributed by atoms with Crippen LogP contribution in [0.2, 0.25) is 0 Å². The smallest absolute Gasteiger partial charge is 0.315 e. The molecule has 2 aromatic heterocycles. The lowest BCUT2D eigenvalue weighted by Gasteiger charge is -2.10. The number of alkyl halides is 3. The first-order valence-electron chi connectivity index (χ1n) is 9.55. The fourth-order valence-electron chi connectivity index (χ4n) is 3.39. The number of nitrogens with zero attached hydrogens (tertiary/aromatic N) is 3. The molecule has 4 rings (SSSR count). The normalized spacial score (nSPS) is 14.5. The zero-order valence-corrected chi connectivity index (χ0v) is 15.5. The van der Waals surface area contributed by atoms with Crippen LogP contribution in [0.5, 0.6) is 0 Å². The summed E-state index contributed by atoms with van der Waals surface area (Å²) >= 11 is 0. The third kappa shape index (κ3) is 4.31. The largest absolute Gasteiger partial charge is 0.419 e. The minimum Gasteiger partial charge on any atom is -0.315 e. The number of aryl methyl sites for hydroxylation is 1. The van der Waals surface area contributed by atoms with E-state index in [0.717, 1.165) is 24.8 Å². The van der Waals surface area contributed by atoms with Crippen molar-refractivity contribution in [2.24, 2.45) is 5.92 Å². The zero-order chi connectivity index (χ0) is 20.6. The standard InChI is InChI=1S/C21H19F4N3O/c22-18-10-16-14(6-8-28(20(16)29)7-2-1-3-13-4-5-13)9-17(18)19-26-11-15(12-27-19)21(23,24)25/h6,8-13H,1-5,7H2. The van der Waals surface area contributed by atoms with Gasteiger partial charge in [0.2, 0.25) is 0 Å². The van der Waals surface area contributed by atoms with Crippen molar-refractivity contribution in [3.8, 4) is 11.4 Å². The van der Waals surface area contributed by atoms with E-state index in [-0.39, 0.29) is 22.3 Å². The minimum absolute atomic E-state index is 0.0483. The molecule has 0 unspecified atom stereocenters. The Kier molecular flexibility index (Phi) is 5.10. The summed E-state index contributed by atoms with van der Waals surface area (Å²) in [4.78, 5) is 19.9. The third-order valence-electron chi connectivity index (χ3n) is 5.24. The Balaban J connectivity index is 1.59. The molecule has 1 aliphatic carbocycles. The summed E-state index contributed by atoms with van der Waals surface area (Å²) in [6, 6.07) is 4.20. The maximum absolute atomic E-state index is 14.6. The molecule has 2 heterocycles. The second-order valence-electron chi connectivity index (χ2n) is 7.47. The molecule has 0 aliphatic heterocycles. The molecule has 152 valence electrons. The second kappa shape index (κ2) is 7.57. The average Bonchev–Trinajstić information content (AvgIpc) is 3.51. The molecule has 0 amide bonds. The molecule has 0 N–H and O–H groups in total. The van der Waals surface area contributed by atoms with E-state index in [4.69, 9.17) is 0 Å². The summed E-state index contributed by atoms with van der Waals surface area (Å²) in [5.74, 6) is -0.0641. The van der Waals surface area contributed by atoms with E-state index in [1.165, 1.54) is 25.3 Å². The van der Waals surface area contributed by atoms with E-state index in [1.54, 1.807) is 16.8 Å². The van der Waals surface area contributed by atoms with Crippen molar-refractivity contribution >= 4 is 10.8 Å². The molecule has 8 heteroatoms. The molecule has 1 fully saturated rings. The lowest BCUT2D eigenvalue weighted by Crippen LogP contribution is -2.19. The van der Waals surface area contributed by atoms with Gasteiger partial charge in [-0.15, -0.1) is 0 Å². The van der Waals surface area contributed by atoms with E-state index >= 15 is 0 Å². The number of aromatic nitrogens is 3. The van der Waals surface area contributed by atoms with Crippen molar-refractivity contribution in [1.82, 2.24) is 14.5 Å². The lowest BCUT2D eigenvalue weighted by molar-refractivity contribution is -0.138. The van der Waals surface area contributed by atoms with Crippen LogP contribution in [0, 0.1) is 11.7 Å². The van der Waals surface area contributed by atoms with Gasteiger partial charge in [-0.25, -0.2) is 14.4 Å². The topological polar surface area (TPSA) is 47.8 Å². The molecular weight excluding hydrogens is 386 g/mol. The van der Waals surface area contributed by atoms with Crippen LogP contribution in [0.1, 0.15) is 37.7 Å². The lowest BCUT2D eigenvalue weighted by atomic mass is 10.1. The first kappa shape index (κ1) is 19.5. The number of unbranched alkanes of at least 4 members (excludes halogenated alkanes) is 1. The molecule has 0 atom stereocenters. The predicted octanol–water partition coefficient (Wildman–Crippen LogP) is 5.20. The van der Waals surface area contributed by atoms with Crippen molar-refractivity contribution < 1.29 is 17.6 Å². The van der Waals surface area contributed by atoms with Crippen molar-refractivity contribution in [1.29, 1.82) is 0 Å². The number of hydrogen-bond acceptors (Lipinski definition) is 3. The highest BCUT2D eigenvalue weighted by Crippen LogP contribution is 2.34. The van der Waals surface area contributed by atoms with Gasteiger partial charge in [-0.1, -0.05) is 25.7 Å². The molecule has 0 bridgehead atoms. The van der Waals surface area contributed by atoms with Crippen LogP contribution < -0.4 is 5.56 Å². The Hall–Kier alpha value is -2.77. The van der Waals surface area contributed by atoms with Crippen LogP contribution in [0.3, 0.4) is 0 Å². The highest BCUT2D eigenvalue weighted by Gasteiger charge is 2.31. The Labute approximate surface area is 164 Å². The van der Waals surface area contributed by atoms with Crippen LogP contribution in [0.15, 0.2) is 41.6 Å². The highest BCUT2D eigenvalue weighted by molar-refractivity contribution is 5.85. The predicted molar refractivity (Wildman–Crippen MR) is 101 cm³/mol. The maximum Gasteiger partial charge on any atom is 0.419 e.